The number of para-hydroxylation sites is 1. The van der Waals surface area contributed by atoms with E-state index in [0.29, 0.717) is 5.92 Å². The summed E-state index contributed by atoms with van der Waals surface area (Å²) in [5.74, 6) is 1.38. The number of amides is 1. The second kappa shape index (κ2) is 7.43. The first-order chi connectivity index (χ1) is 11.7. The normalized spacial score (nSPS) is 17.6. The van der Waals surface area contributed by atoms with Crippen molar-refractivity contribution in [2.75, 3.05) is 20.2 Å². The van der Waals surface area contributed by atoms with Gasteiger partial charge in [-0.15, -0.1) is 0 Å². The number of carbonyl (C=O) groups is 1. The molecule has 1 amide bonds. The summed E-state index contributed by atoms with van der Waals surface area (Å²) in [6, 6.07) is 7.87. The molecule has 1 aliphatic rings. The monoisotopic (exact) mass is 325 g/mol. The standard InChI is InChI=1S/C19H23N3O2/c1-14(23)22-11-5-6-15(13-22)12-17-19(21-10-9-20-17)16-7-3-4-8-18(16)24-2/h3-4,7-10,15H,5-6,11-13H2,1-2H3. The van der Waals surface area contributed by atoms with Crippen LogP contribution in [0.25, 0.3) is 11.3 Å². The summed E-state index contributed by atoms with van der Waals surface area (Å²) in [6.07, 6.45) is 6.44. The Morgan fingerprint density at radius 2 is 2.08 bits per heavy atom. The zero-order valence-electron chi connectivity index (χ0n) is 14.2. The molecule has 24 heavy (non-hydrogen) atoms. The predicted octanol–water partition coefficient (Wildman–Crippen LogP) is 2.95. The number of ether oxygens (including phenoxy) is 1. The van der Waals surface area contributed by atoms with E-state index in [1.165, 1.54) is 0 Å². The molecule has 1 atom stereocenters. The molecule has 0 radical (unpaired) electrons. The van der Waals surface area contributed by atoms with Crippen molar-refractivity contribution in [1.29, 1.82) is 0 Å². The van der Waals surface area contributed by atoms with Crippen molar-refractivity contribution in [2.45, 2.75) is 26.2 Å². The van der Waals surface area contributed by atoms with Crippen LogP contribution in [-0.2, 0) is 11.2 Å². The lowest BCUT2D eigenvalue weighted by molar-refractivity contribution is -0.130. The first-order valence-corrected chi connectivity index (χ1v) is 8.38. The molecule has 1 saturated heterocycles. The van der Waals surface area contributed by atoms with Crippen LogP contribution in [0, 0.1) is 5.92 Å². The van der Waals surface area contributed by atoms with Gasteiger partial charge in [0.05, 0.1) is 18.5 Å². The van der Waals surface area contributed by atoms with Gasteiger partial charge in [0.1, 0.15) is 5.75 Å². The van der Waals surface area contributed by atoms with Crippen molar-refractivity contribution in [2.24, 2.45) is 5.92 Å². The lowest BCUT2D eigenvalue weighted by Crippen LogP contribution is -2.39. The predicted molar refractivity (Wildman–Crippen MR) is 92.7 cm³/mol. The van der Waals surface area contributed by atoms with E-state index in [2.05, 4.69) is 9.97 Å². The Morgan fingerprint density at radius 3 is 2.88 bits per heavy atom. The van der Waals surface area contributed by atoms with Crippen LogP contribution in [0.5, 0.6) is 5.75 Å². The van der Waals surface area contributed by atoms with E-state index in [-0.39, 0.29) is 5.91 Å². The average molecular weight is 325 g/mol. The number of benzene rings is 1. The van der Waals surface area contributed by atoms with Gasteiger partial charge in [-0.05, 0) is 37.3 Å². The van der Waals surface area contributed by atoms with Gasteiger partial charge in [-0.3, -0.25) is 14.8 Å². The van der Waals surface area contributed by atoms with Crippen LogP contribution in [0.4, 0.5) is 0 Å². The third-order valence-corrected chi connectivity index (χ3v) is 4.58. The quantitative estimate of drug-likeness (QED) is 0.867. The number of hydrogen-bond donors (Lipinski definition) is 0. The number of piperidine rings is 1. The number of rotatable bonds is 4. The Labute approximate surface area is 142 Å². The first-order valence-electron chi connectivity index (χ1n) is 8.38. The molecule has 2 aromatic rings. The Bertz CT molecular complexity index is 717. The van der Waals surface area contributed by atoms with E-state index < -0.39 is 0 Å². The van der Waals surface area contributed by atoms with E-state index >= 15 is 0 Å². The van der Waals surface area contributed by atoms with Crippen molar-refractivity contribution in [3.05, 3.63) is 42.4 Å². The number of aromatic nitrogens is 2. The van der Waals surface area contributed by atoms with Crippen LogP contribution < -0.4 is 4.74 Å². The van der Waals surface area contributed by atoms with Crippen LogP contribution in [0.2, 0.25) is 0 Å². The number of hydrogen-bond acceptors (Lipinski definition) is 4. The molecular formula is C19H23N3O2. The van der Waals surface area contributed by atoms with Crippen LogP contribution in [0.1, 0.15) is 25.5 Å². The molecule has 126 valence electrons. The topological polar surface area (TPSA) is 55.3 Å². The second-order valence-electron chi connectivity index (χ2n) is 6.23. The Morgan fingerprint density at radius 1 is 1.29 bits per heavy atom. The lowest BCUT2D eigenvalue weighted by atomic mass is 9.91. The van der Waals surface area contributed by atoms with Crippen LogP contribution >= 0.6 is 0 Å². The summed E-state index contributed by atoms with van der Waals surface area (Å²) in [6.45, 7) is 3.31. The Balaban J connectivity index is 1.86. The van der Waals surface area contributed by atoms with E-state index in [1.807, 2.05) is 29.2 Å². The van der Waals surface area contributed by atoms with Crippen molar-refractivity contribution in [3.8, 4) is 17.0 Å². The number of nitrogens with zero attached hydrogens (tertiary/aromatic N) is 3. The zero-order valence-corrected chi connectivity index (χ0v) is 14.2. The summed E-state index contributed by atoms with van der Waals surface area (Å²) in [7, 11) is 1.67. The van der Waals surface area contributed by atoms with Gasteiger partial charge in [0.25, 0.3) is 0 Å². The van der Waals surface area contributed by atoms with Crippen molar-refractivity contribution in [3.63, 3.8) is 0 Å². The van der Waals surface area contributed by atoms with Crippen LogP contribution in [0.15, 0.2) is 36.7 Å². The van der Waals surface area contributed by atoms with Gasteiger partial charge in [0.15, 0.2) is 0 Å². The SMILES string of the molecule is COc1ccccc1-c1nccnc1CC1CCCN(C(C)=O)C1. The molecule has 0 spiro atoms. The molecule has 1 aromatic heterocycles. The summed E-state index contributed by atoms with van der Waals surface area (Å²) in [5, 5.41) is 0. The van der Waals surface area contributed by atoms with Gasteiger partial charge in [-0.2, -0.15) is 0 Å². The van der Waals surface area contributed by atoms with Gasteiger partial charge in [0, 0.05) is 38.0 Å². The summed E-state index contributed by atoms with van der Waals surface area (Å²) < 4.78 is 5.47. The van der Waals surface area contributed by atoms with Crippen LogP contribution in [0.3, 0.4) is 0 Å². The van der Waals surface area contributed by atoms with Gasteiger partial charge in [0.2, 0.25) is 5.91 Å². The van der Waals surface area contributed by atoms with Gasteiger partial charge >= 0.3 is 0 Å². The van der Waals surface area contributed by atoms with Gasteiger partial charge in [-0.25, -0.2) is 0 Å². The third kappa shape index (κ3) is 3.55. The molecule has 1 unspecified atom stereocenters. The Kier molecular flexibility index (Phi) is 5.08. The molecule has 0 saturated carbocycles. The minimum atomic E-state index is 0.156. The second-order valence-corrected chi connectivity index (χ2v) is 6.23. The van der Waals surface area contributed by atoms with E-state index in [0.717, 1.165) is 55.1 Å². The largest absolute Gasteiger partial charge is 0.496 e. The maximum Gasteiger partial charge on any atom is 0.219 e. The number of carbonyl (C=O) groups excluding carboxylic acids is 1. The molecule has 1 aromatic carbocycles. The summed E-state index contributed by atoms with van der Waals surface area (Å²) in [5.41, 5.74) is 2.80. The fraction of sp³-hybridized carbons (Fsp3) is 0.421. The van der Waals surface area contributed by atoms with Gasteiger partial charge < -0.3 is 9.64 Å². The molecule has 5 nitrogen and oxygen atoms in total. The zero-order chi connectivity index (χ0) is 16.9. The van der Waals surface area contributed by atoms with E-state index in [9.17, 15) is 4.79 Å². The smallest absolute Gasteiger partial charge is 0.219 e. The minimum Gasteiger partial charge on any atom is -0.496 e. The number of methoxy groups -OCH3 is 1. The highest BCUT2D eigenvalue weighted by Crippen LogP contribution is 2.31. The summed E-state index contributed by atoms with van der Waals surface area (Å²) in [4.78, 5) is 22.7. The molecule has 1 fully saturated rings. The van der Waals surface area contributed by atoms with Crippen molar-refractivity contribution < 1.29 is 9.53 Å². The molecule has 0 N–H and O–H groups in total. The van der Waals surface area contributed by atoms with E-state index in [4.69, 9.17) is 4.74 Å². The maximum atomic E-state index is 11.7. The molecule has 3 rings (SSSR count). The van der Waals surface area contributed by atoms with Crippen LogP contribution in [-0.4, -0.2) is 41.0 Å². The summed E-state index contributed by atoms with van der Waals surface area (Å²) >= 11 is 0. The van der Waals surface area contributed by atoms with Gasteiger partial charge in [-0.1, -0.05) is 12.1 Å². The lowest BCUT2D eigenvalue weighted by Gasteiger charge is -2.32. The van der Waals surface area contributed by atoms with Crippen molar-refractivity contribution in [1.82, 2.24) is 14.9 Å². The molecular weight excluding hydrogens is 302 g/mol. The fourth-order valence-corrected chi connectivity index (χ4v) is 3.37. The minimum absolute atomic E-state index is 0.156. The first kappa shape index (κ1) is 16.4. The van der Waals surface area contributed by atoms with Crippen molar-refractivity contribution >= 4 is 5.91 Å². The average Bonchev–Trinajstić information content (AvgIpc) is 2.62. The molecule has 1 aliphatic heterocycles. The third-order valence-electron chi connectivity index (χ3n) is 4.58. The molecule has 5 heteroatoms. The molecule has 0 aliphatic carbocycles. The molecule has 2 heterocycles. The Hall–Kier alpha value is -2.43. The number of likely N-dealkylation sites (tertiary alicyclic amines) is 1. The highest BCUT2D eigenvalue weighted by molar-refractivity contribution is 5.73. The highest BCUT2D eigenvalue weighted by Gasteiger charge is 2.24. The molecule has 0 bridgehead atoms. The van der Waals surface area contributed by atoms with E-state index in [1.54, 1.807) is 26.4 Å². The fourth-order valence-electron chi connectivity index (χ4n) is 3.37. The highest BCUT2D eigenvalue weighted by atomic mass is 16.5. The maximum absolute atomic E-state index is 11.7.